The Balaban J connectivity index is 1.79. The summed E-state index contributed by atoms with van der Waals surface area (Å²) >= 11 is 1.77. The van der Waals surface area contributed by atoms with E-state index in [1.165, 1.54) is 23.6 Å². The number of benzene rings is 1. The third kappa shape index (κ3) is 5.88. The Morgan fingerprint density at radius 2 is 2.10 bits per heavy atom. The number of hydrogen-bond acceptors (Lipinski definition) is 5. The molecule has 2 unspecified atom stereocenters. The second-order valence-electron chi connectivity index (χ2n) is 7.91. The Labute approximate surface area is 182 Å². The lowest BCUT2D eigenvalue weighted by Crippen LogP contribution is -2.41. The van der Waals surface area contributed by atoms with Gasteiger partial charge in [0.05, 0.1) is 6.61 Å². The van der Waals surface area contributed by atoms with Crippen molar-refractivity contribution in [2.75, 3.05) is 53.6 Å². The fraction of sp³-hybridized carbons (Fsp3) is 0.522. The lowest BCUT2D eigenvalue weighted by Gasteiger charge is -2.28. The molecule has 1 fully saturated rings. The van der Waals surface area contributed by atoms with Gasteiger partial charge in [-0.05, 0) is 47.5 Å². The molecule has 0 saturated carbocycles. The molecule has 7 heteroatoms. The second kappa shape index (κ2) is 11.0. The van der Waals surface area contributed by atoms with Crippen LogP contribution < -0.4 is 0 Å². The van der Waals surface area contributed by atoms with Crippen molar-refractivity contribution in [1.82, 2.24) is 9.80 Å². The normalized spacial score (nSPS) is 19.3. The number of carbonyl (C=O) groups is 1. The summed E-state index contributed by atoms with van der Waals surface area (Å²) < 4.78 is 24.2. The van der Waals surface area contributed by atoms with Crippen LogP contribution in [0.2, 0.25) is 0 Å². The zero-order valence-corrected chi connectivity index (χ0v) is 18.8. The van der Waals surface area contributed by atoms with Crippen LogP contribution >= 0.6 is 11.3 Å². The van der Waals surface area contributed by atoms with Crippen LogP contribution in [-0.2, 0) is 20.8 Å². The maximum absolute atomic E-state index is 14.0. The average Bonchev–Trinajstić information content (AvgIpc) is 3.31. The SMILES string of the molecule is COCCN(CC1CN(Cc2sccc2C)CC1c1cccc(F)c1)C(=O)COC. The third-order valence-electron chi connectivity index (χ3n) is 5.77. The number of likely N-dealkylation sites (tertiary alicyclic amines) is 1. The summed E-state index contributed by atoms with van der Waals surface area (Å²) in [7, 11) is 3.16. The standard InChI is InChI=1S/C23H31FN2O3S/c1-17-7-10-30-22(17)15-25-12-19(13-26(8-9-28-2)23(27)16-29-3)21(14-25)18-5-4-6-20(24)11-18/h4-7,10-11,19,21H,8-9,12-16H2,1-3H3. The molecule has 1 amide bonds. The van der Waals surface area contributed by atoms with Crippen molar-refractivity contribution in [3.63, 3.8) is 0 Å². The molecule has 1 aromatic carbocycles. The number of carbonyl (C=O) groups excluding carboxylic acids is 1. The zero-order valence-electron chi connectivity index (χ0n) is 18.0. The van der Waals surface area contributed by atoms with Gasteiger partial charge in [-0.3, -0.25) is 9.69 Å². The Bertz CT molecular complexity index is 828. The molecule has 0 aliphatic carbocycles. The van der Waals surface area contributed by atoms with Gasteiger partial charge in [-0.2, -0.15) is 0 Å². The first-order chi connectivity index (χ1) is 14.5. The summed E-state index contributed by atoms with van der Waals surface area (Å²) in [4.78, 5) is 18.2. The molecular formula is C23H31FN2O3S. The Morgan fingerprint density at radius 1 is 1.27 bits per heavy atom. The van der Waals surface area contributed by atoms with E-state index in [4.69, 9.17) is 9.47 Å². The van der Waals surface area contributed by atoms with Crippen molar-refractivity contribution in [2.24, 2.45) is 5.92 Å². The first-order valence-electron chi connectivity index (χ1n) is 10.3. The number of amides is 1. The highest BCUT2D eigenvalue weighted by atomic mass is 32.1. The van der Waals surface area contributed by atoms with E-state index in [1.807, 2.05) is 11.0 Å². The monoisotopic (exact) mass is 434 g/mol. The minimum absolute atomic E-state index is 0.0416. The molecular weight excluding hydrogens is 403 g/mol. The van der Waals surface area contributed by atoms with Gasteiger partial charge < -0.3 is 14.4 Å². The lowest BCUT2D eigenvalue weighted by molar-refractivity contribution is -0.136. The third-order valence-corrected chi connectivity index (χ3v) is 6.78. The predicted octanol–water partition coefficient (Wildman–Crippen LogP) is 3.53. The van der Waals surface area contributed by atoms with E-state index >= 15 is 0 Å². The van der Waals surface area contributed by atoms with Gasteiger partial charge in [0.25, 0.3) is 0 Å². The minimum atomic E-state index is -0.217. The molecule has 0 bridgehead atoms. The lowest BCUT2D eigenvalue weighted by atomic mass is 9.88. The number of ether oxygens (including phenoxy) is 2. The summed E-state index contributed by atoms with van der Waals surface area (Å²) in [5, 5.41) is 2.12. The van der Waals surface area contributed by atoms with Gasteiger partial charge in [0.1, 0.15) is 12.4 Å². The summed E-state index contributed by atoms with van der Waals surface area (Å²) in [5.74, 6) is 0.122. The highest BCUT2D eigenvalue weighted by Crippen LogP contribution is 2.35. The fourth-order valence-electron chi connectivity index (χ4n) is 4.18. The molecule has 0 spiro atoms. The molecule has 1 saturated heterocycles. The van der Waals surface area contributed by atoms with Crippen molar-refractivity contribution in [3.05, 3.63) is 57.5 Å². The molecule has 1 aromatic heterocycles. The Morgan fingerprint density at radius 3 is 2.77 bits per heavy atom. The van der Waals surface area contributed by atoms with Crippen molar-refractivity contribution >= 4 is 17.2 Å². The number of thiophene rings is 1. The minimum Gasteiger partial charge on any atom is -0.383 e. The van der Waals surface area contributed by atoms with Crippen LogP contribution in [0.1, 0.15) is 21.9 Å². The number of hydrogen-bond donors (Lipinski definition) is 0. The van der Waals surface area contributed by atoms with Crippen molar-refractivity contribution in [2.45, 2.75) is 19.4 Å². The summed E-state index contributed by atoms with van der Waals surface area (Å²) in [6, 6.07) is 9.03. The topological polar surface area (TPSA) is 42.0 Å². The quantitative estimate of drug-likeness (QED) is 0.574. The number of rotatable bonds is 10. The van der Waals surface area contributed by atoms with Crippen molar-refractivity contribution in [3.8, 4) is 0 Å². The van der Waals surface area contributed by atoms with Gasteiger partial charge in [0.2, 0.25) is 5.91 Å². The second-order valence-corrected chi connectivity index (χ2v) is 8.91. The number of nitrogens with zero attached hydrogens (tertiary/aromatic N) is 2. The number of halogens is 1. The van der Waals surface area contributed by atoms with Crippen LogP contribution in [0.3, 0.4) is 0 Å². The first-order valence-corrected chi connectivity index (χ1v) is 11.2. The zero-order chi connectivity index (χ0) is 21.5. The van der Waals surface area contributed by atoms with Gasteiger partial charge in [0.15, 0.2) is 0 Å². The Kier molecular flexibility index (Phi) is 8.39. The van der Waals surface area contributed by atoms with Crippen LogP contribution in [0.5, 0.6) is 0 Å². The van der Waals surface area contributed by atoms with Crippen LogP contribution in [-0.4, -0.2) is 69.3 Å². The van der Waals surface area contributed by atoms with Crippen molar-refractivity contribution in [1.29, 1.82) is 0 Å². The van der Waals surface area contributed by atoms with E-state index < -0.39 is 0 Å². The number of methoxy groups -OCH3 is 2. The molecule has 2 heterocycles. The molecule has 1 aliphatic rings. The van der Waals surface area contributed by atoms with E-state index in [2.05, 4.69) is 23.3 Å². The van der Waals surface area contributed by atoms with Gasteiger partial charge >= 0.3 is 0 Å². The first kappa shape index (κ1) is 22.9. The molecule has 0 N–H and O–H groups in total. The van der Waals surface area contributed by atoms with E-state index in [-0.39, 0.29) is 30.2 Å². The number of aryl methyl sites for hydroxylation is 1. The summed E-state index contributed by atoms with van der Waals surface area (Å²) in [5.41, 5.74) is 2.30. The van der Waals surface area contributed by atoms with E-state index in [0.29, 0.717) is 19.7 Å². The van der Waals surface area contributed by atoms with E-state index in [1.54, 1.807) is 30.6 Å². The maximum atomic E-state index is 14.0. The van der Waals surface area contributed by atoms with Gasteiger partial charge in [-0.15, -0.1) is 11.3 Å². The summed E-state index contributed by atoms with van der Waals surface area (Å²) in [6.07, 6.45) is 0. The van der Waals surface area contributed by atoms with Gasteiger partial charge in [-0.1, -0.05) is 12.1 Å². The van der Waals surface area contributed by atoms with Gasteiger partial charge in [0, 0.05) is 57.7 Å². The maximum Gasteiger partial charge on any atom is 0.248 e. The summed E-state index contributed by atoms with van der Waals surface area (Å²) in [6.45, 7) is 6.39. The molecule has 2 aromatic rings. The van der Waals surface area contributed by atoms with E-state index in [0.717, 1.165) is 25.2 Å². The Hall–Kier alpha value is -1.80. The van der Waals surface area contributed by atoms with Crippen molar-refractivity contribution < 1.29 is 18.7 Å². The predicted molar refractivity (Wildman–Crippen MR) is 117 cm³/mol. The molecule has 2 atom stereocenters. The van der Waals surface area contributed by atoms with Crippen LogP contribution in [0.25, 0.3) is 0 Å². The highest BCUT2D eigenvalue weighted by molar-refractivity contribution is 7.10. The molecule has 0 radical (unpaired) electrons. The molecule has 5 nitrogen and oxygen atoms in total. The molecule has 30 heavy (non-hydrogen) atoms. The average molecular weight is 435 g/mol. The van der Waals surface area contributed by atoms with Crippen LogP contribution in [0.15, 0.2) is 35.7 Å². The molecule has 3 rings (SSSR count). The molecule has 1 aliphatic heterocycles. The smallest absolute Gasteiger partial charge is 0.248 e. The largest absolute Gasteiger partial charge is 0.383 e. The van der Waals surface area contributed by atoms with Crippen LogP contribution in [0.4, 0.5) is 4.39 Å². The van der Waals surface area contributed by atoms with Gasteiger partial charge in [-0.25, -0.2) is 4.39 Å². The van der Waals surface area contributed by atoms with E-state index in [9.17, 15) is 9.18 Å². The highest BCUT2D eigenvalue weighted by Gasteiger charge is 2.36. The molecule has 164 valence electrons. The fourth-order valence-corrected chi connectivity index (χ4v) is 5.12. The van der Waals surface area contributed by atoms with Crippen LogP contribution in [0, 0.1) is 18.7 Å².